The van der Waals surface area contributed by atoms with E-state index in [4.69, 9.17) is 6.42 Å². The van der Waals surface area contributed by atoms with Gasteiger partial charge in [-0.25, -0.2) is 0 Å². The van der Waals surface area contributed by atoms with Gasteiger partial charge in [0.25, 0.3) is 0 Å². The monoisotopic (exact) mass is 297 g/mol. The van der Waals surface area contributed by atoms with E-state index in [2.05, 4.69) is 22.6 Å². The molecule has 0 spiro atoms. The van der Waals surface area contributed by atoms with Crippen molar-refractivity contribution in [1.82, 2.24) is 0 Å². The number of rotatable bonds is 7. The molecule has 0 unspecified atom stereocenters. The van der Waals surface area contributed by atoms with E-state index >= 15 is 0 Å². The number of aliphatic hydroxyl groups excluding tert-OH is 1. The fourth-order valence-corrected chi connectivity index (χ4v) is 1.21. The van der Waals surface area contributed by atoms with Crippen LogP contribution in [0.5, 0.6) is 0 Å². The number of nitrogens with two attached hydrogens (primary N) is 1. The van der Waals surface area contributed by atoms with E-state index in [9.17, 15) is 18.7 Å². The Morgan fingerprint density at radius 2 is 2.19 bits per heavy atom. The van der Waals surface area contributed by atoms with Crippen molar-refractivity contribution in [2.75, 3.05) is 0 Å². The first-order valence-corrected chi connectivity index (χ1v) is 6.16. The highest BCUT2D eigenvalue weighted by molar-refractivity contribution is 5.68. The van der Waals surface area contributed by atoms with Crippen LogP contribution in [0.1, 0.15) is 25.7 Å². The van der Waals surface area contributed by atoms with E-state index in [1.165, 1.54) is 24.3 Å². The molecule has 0 bridgehead atoms. The van der Waals surface area contributed by atoms with Gasteiger partial charge in [0.15, 0.2) is 0 Å². The number of hydrogen-bond donors (Lipinski definition) is 2. The molecule has 0 radical (unpaired) electrons. The molecule has 0 fully saturated rings. The maximum absolute atomic E-state index is 13.2. The average molecular weight is 297 g/mol. The molecule has 1 atom stereocenters. The number of terminal acetylenes is 1. The molecular weight excluding hydrogens is 280 g/mol. The van der Waals surface area contributed by atoms with Gasteiger partial charge in [-0.05, 0) is 18.4 Å². The van der Waals surface area contributed by atoms with Gasteiger partial charge in [-0.1, -0.05) is 24.1 Å². The van der Waals surface area contributed by atoms with E-state index in [0.717, 1.165) is 0 Å². The number of allylic oxidation sites excluding steroid dienone is 3. The summed E-state index contributed by atoms with van der Waals surface area (Å²) in [6, 6.07) is 0. The predicted octanol–water partition coefficient (Wildman–Crippen LogP) is 1.71. The second kappa shape index (κ2) is 10.6. The van der Waals surface area contributed by atoms with Gasteiger partial charge in [-0.2, -0.15) is 14.7 Å². The number of hydrogen-bond acceptors (Lipinski definition) is 4. The quantitative estimate of drug-likeness (QED) is 0.426. The predicted molar refractivity (Wildman–Crippen MR) is 74.6 cm³/mol. The molecule has 0 aromatic rings. The van der Waals surface area contributed by atoms with Crippen LogP contribution in [0.15, 0.2) is 24.3 Å². The Morgan fingerprint density at radius 1 is 1.48 bits per heavy atom. The van der Waals surface area contributed by atoms with Crippen molar-refractivity contribution in [3.63, 3.8) is 0 Å². The Kier molecular flexibility index (Phi) is 9.53. The number of carbonyl (C=O) groups is 1. The average Bonchev–Trinajstić information content (AvgIpc) is 2.42. The largest absolute Gasteiger partial charge is 0.388 e. The maximum atomic E-state index is 13.2. The van der Waals surface area contributed by atoms with E-state index in [1.807, 2.05) is 0 Å². The van der Waals surface area contributed by atoms with Gasteiger partial charge in [-0.3, -0.25) is 4.79 Å². The summed E-state index contributed by atoms with van der Waals surface area (Å²) < 4.78 is 26.5. The van der Waals surface area contributed by atoms with Crippen molar-refractivity contribution in [3.05, 3.63) is 24.3 Å². The topological polar surface area (TPSA) is 72.5 Å². The van der Waals surface area contributed by atoms with Crippen LogP contribution in [-0.4, -0.2) is 23.1 Å². The molecule has 3 N–H and O–H groups in total. The van der Waals surface area contributed by atoms with Crippen molar-refractivity contribution in [2.45, 2.75) is 37.7 Å². The van der Waals surface area contributed by atoms with E-state index in [0.29, 0.717) is 0 Å². The smallest absolute Gasteiger partial charge is 0.324 e. The van der Waals surface area contributed by atoms with Crippen LogP contribution in [0.3, 0.4) is 0 Å². The zero-order valence-electron chi connectivity index (χ0n) is 11.4. The van der Waals surface area contributed by atoms with Crippen LogP contribution in [0.4, 0.5) is 8.78 Å². The molecule has 0 aliphatic heterocycles. The summed E-state index contributed by atoms with van der Waals surface area (Å²) in [6.07, 6.45) is 9.12. The van der Waals surface area contributed by atoms with Crippen LogP contribution < -0.4 is 5.90 Å². The van der Waals surface area contributed by atoms with Crippen molar-refractivity contribution >= 4 is 5.97 Å². The maximum Gasteiger partial charge on any atom is 0.324 e. The van der Waals surface area contributed by atoms with Gasteiger partial charge in [0.2, 0.25) is 0 Å². The molecule has 6 heteroatoms. The molecule has 0 amide bonds. The second-order valence-electron chi connectivity index (χ2n) is 4.04. The molecule has 0 heterocycles. The van der Waals surface area contributed by atoms with Crippen LogP contribution in [0.25, 0.3) is 0 Å². The highest BCUT2D eigenvalue weighted by atomic mass is 19.3. The third kappa shape index (κ3) is 11.4. The molecule has 0 aliphatic rings. The first kappa shape index (κ1) is 18.9. The zero-order valence-corrected chi connectivity index (χ0v) is 11.4. The molecule has 21 heavy (non-hydrogen) atoms. The van der Waals surface area contributed by atoms with Gasteiger partial charge in [0.1, 0.15) is 0 Å². The highest BCUT2D eigenvalue weighted by Gasteiger charge is 2.25. The van der Waals surface area contributed by atoms with Crippen molar-refractivity contribution in [2.24, 2.45) is 5.90 Å². The Bertz CT molecular complexity index is 481. The first-order valence-electron chi connectivity index (χ1n) is 6.16. The number of halogens is 2. The summed E-state index contributed by atoms with van der Waals surface area (Å²) in [7, 11) is 0. The van der Waals surface area contributed by atoms with Gasteiger partial charge < -0.3 is 9.94 Å². The fourth-order valence-electron chi connectivity index (χ4n) is 1.21. The molecule has 0 saturated carbocycles. The number of alkyl halides is 2. The van der Waals surface area contributed by atoms with Crippen molar-refractivity contribution in [1.29, 1.82) is 0 Å². The van der Waals surface area contributed by atoms with Crippen LogP contribution in [0.2, 0.25) is 0 Å². The van der Waals surface area contributed by atoms with Gasteiger partial charge >= 0.3 is 11.9 Å². The third-order valence-electron chi connectivity index (χ3n) is 2.21. The summed E-state index contributed by atoms with van der Waals surface area (Å²) >= 11 is 0. The highest BCUT2D eigenvalue weighted by Crippen LogP contribution is 2.20. The molecule has 114 valence electrons. The summed E-state index contributed by atoms with van der Waals surface area (Å²) in [4.78, 5) is 14.5. The number of aliphatic hydroxyl groups is 1. The standard InChI is InChI=1S/C15H17F2NO3/c1-2-8-13(19)9-5-3-4-6-11-15(16,17)12-7-10-14(20)21-18/h1,3-5,9,13,19H,7-8,10,12,18H2/b4-3+,9-5+/t13-/m1/s1. The fraction of sp³-hybridized carbons (Fsp3) is 0.400. The number of carbonyl (C=O) groups excluding carboxylic acids is 1. The molecule has 0 saturated heterocycles. The first-order chi connectivity index (χ1) is 9.91. The molecular formula is C15H17F2NO3. The Hall–Kier alpha value is -2.15. The summed E-state index contributed by atoms with van der Waals surface area (Å²) in [5.74, 6) is 6.90. The normalized spacial score (nSPS) is 12.7. The van der Waals surface area contributed by atoms with Gasteiger partial charge in [0, 0.05) is 19.3 Å². The minimum absolute atomic E-state index is 0.0698. The molecule has 0 aliphatic carbocycles. The van der Waals surface area contributed by atoms with Gasteiger partial charge in [-0.15, -0.1) is 12.3 Å². The molecule has 4 nitrogen and oxygen atoms in total. The van der Waals surface area contributed by atoms with Crippen LogP contribution in [0, 0.1) is 24.2 Å². The van der Waals surface area contributed by atoms with Crippen LogP contribution in [-0.2, 0) is 9.63 Å². The van der Waals surface area contributed by atoms with E-state index in [1.54, 1.807) is 5.92 Å². The Balaban J connectivity index is 4.17. The summed E-state index contributed by atoms with van der Waals surface area (Å²) in [5.41, 5.74) is 0. The van der Waals surface area contributed by atoms with Crippen molar-refractivity contribution in [3.8, 4) is 24.2 Å². The zero-order chi connectivity index (χ0) is 16.1. The second-order valence-corrected chi connectivity index (χ2v) is 4.04. The minimum atomic E-state index is -3.19. The Labute approximate surface area is 122 Å². The molecule has 0 rings (SSSR count). The van der Waals surface area contributed by atoms with E-state index in [-0.39, 0.29) is 19.3 Å². The Morgan fingerprint density at radius 3 is 2.81 bits per heavy atom. The van der Waals surface area contributed by atoms with E-state index < -0.39 is 24.4 Å². The van der Waals surface area contributed by atoms with Crippen molar-refractivity contribution < 1.29 is 23.5 Å². The lowest BCUT2D eigenvalue weighted by Gasteiger charge is -2.07. The third-order valence-corrected chi connectivity index (χ3v) is 2.21. The molecule has 0 aromatic heterocycles. The lowest BCUT2D eigenvalue weighted by molar-refractivity contribution is -0.144. The lowest BCUT2D eigenvalue weighted by atomic mass is 10.1. The molecule has 0 aromatic carbocycles. The lowest BCUT2D eigenvalue weighted by Crippen LogP contribution is -2.15. The van der Waals surface area contributed by atoms with Gasteiger partial charge in [0.05, 0.1) is 6.10 Å². The summed E-state index contributed by atoms with van der Waals surface area (Å²) in [6.45, 7) is 0. The van der Waals surface area contributed by atoms with Crippen LogP contribution >= 0.6 is 0 Å². The minimum Gasteiger partial charge on any atom is -0.388 e. The summed E-state index contributed by atoms with van der Waals surface area (Å²) in [5, 5.41) is 9.23. The SMILES string of the molecule is C#CC[C@@H](O)/C=C/C=C/C#CC(F)(F)CCCC(=O)ON.